The third kappa shape index (κ3) is 22.2. The second-order valence-electron chi connectivity index (χ2n) is 24.5. The van der Waals surface area contributed by atoms with Crippen molar-refractivity contribution < 1.29 is 56.3 Å². The molecule has 5 unspecified atom stereocenters. The molecule has 0 fully saturated rings. The number of benzene rings is 2. The summed E-state index contributed by atoms with van der Waals surface area (Å²) in [6, 6.07) is 10.2. The van der Waals surface area contributed by atoms with Gasteiger partial charge in [0.1, 0.15) is 23.7 Å². The van der Waals surface area contributed by atoms with Crippen molar-refractivity contribution in [2.45, 2.75) is 176 Å². The molecule has 0 radical (unpaired) electrons. The number of likely N-dealkylation sites (N-methyl/N-ethyl adjacent to an activating group) is 2. The van der Waals surface area contributed by atoms with E-state index >= 15 is 0 Å². The summed E-state index contributed by atoms with van der Waals surface area (Å²) in [7, 11) is -1.24. The number of primary amides is 1. The number of ether oxygens (including phenoxy) is 1. The van der Waals surface area contributed by atoms with Crippen molar-refractivity contribution in [1.29, 1.82) is 0 Å². The minimum absolute atomic E-state index is 0.0181. The molecule has 0 aromatic heterocycles. The molecule has 8 N–H and O–H groups in total. The topological polar surface area (TPSA) is 305 Å². The second-order valence-corrected chi connectivity index (χ2v) is 26.3. The first-order chi connectivity index (χ1) is 38.5. The highest BCUT2D eigenvalue weighted by molar-refractivity contribution is 7.89. The van der Waals surface area contributed by atoms with E-state index in [9.17, 15) is 51.6 Å². The fourth-order valence-corrected chi connectivity index (χ4v) is 10.6. The average Bonchev–Trinajstić information content (AvgIpc) is 3.95. The van der Waals surface area contributed by atoms with E-state index in [1.54, 1.807) is 72.9 Å². The minimum atomic E-state index is -4.27. The molecule has 5 atom stereocenters. The van der Waals surface area contributed by atoms with Crippen molar-refractivity contribution in [2.24, 2.45) is 23.0 Å². The molecule has 0 bridgehead atoms. The molecule has 0 aliphatic carbocycles. The van der Waals surface area contributed by atoms with Gasteiger partial charge in [-0.1, -0.05) is 129 Å². The van der Waals surface area contributed by atoms with Crippen LogP contribution in [0.5, 0.6) is 0 Å². The van der Waals surface area contributed by atoms with Gasteiger partial charge in [-0.15, -0.1) is 0 Å². The Morgan fingerprint density at radius 1 is 0.711 bits per heavy atom. The third-order valence-corrected chi connectivity index (χ3v) is 15.4. The van der Waals surface area contributed by atoms with Crippen LogP contribution in [0.15, 0.2) is 78.4 Å². The Balaban J connectivity index is 1.70. The number of unbranched alkanes of at least 4 members (excludes halogenated alkanes) is 2. The zero-order chi connectivity index (χ0) is 62.8. The Kier molecular flexibility index (Phi) is 26.2. The zero-order valence-electron chi connectivity index (χ0n) is 51.3. The molecule has 0 saturated heterocycles. The van der Waals surface area contributed by atoms with E-state index in [1.165, 1.54) is 46.9 Å². The van der Waals surface area contributed by atoms with E-state index in [-0.39, 0.29) is 48.7 Å². The maximum Gasteiger partial charge on any atom is 0.410 e. The lowest BCUT2D eigenvalue weighted by Crippen LogP contribution is -2.63. The average molecular weight is 1180 g/mol. The van der Waals surface area contributed by atoms with E-state index in [0.29, 0.717) is 49.9 Å². The molecule has 460 valence electrons. The molecule has 1 heterocycles. The third-order valence-electron chi connectivity index (χ3n) is 14.1. The number of sulfonamides is 1. The number of carbonyl (C=O) groups excluding carboxylic acids is 9. The van der Waals surface area contributed by atoms with Gasteiger partial charge in [-0.05, 0) is 93.9 Å². The first-order valence-corrected chi connectivity index (χ1v) is 29.9. The number of nitrogens with two attached hydrogens (primary N) is 1. The van der Waals surface area contributed by atoms with Gasteiger partial charge in [0.25, 0.3) is 17.7 Å². The summed E-state index contributed by atoms with van der Waals surface area (Å²) in [5.41, 5.74) is 4.26. The van der Waals surface area contributed by atoms with Crippen LogP contribution in [0.2, 0.25) is 0 Å². The Labute approximate surface area is 491 Å². The van der Waals surface area contributed by atoms with E-state index in [0.717, 1.165) is 5.56 Å². The standard InChI is InChI=1S/C60H92N10O12S/c1-38(2)45(68(14)55(77)49(58(6,7)8)66-54(76)50(69(15)57(79)82-59(9,10)11)60(12,13)43-23-18-16-19-24-43)35-40(5)51(73)67-83(80,81)37-42-28-26-41(27-29-42)36-64-52(74)44(25-22-33-63-56(61)78)65-53(75)48(39(3)4)62-32-20-17-21-34-70-46(71)30-31-47(70)72/h16,18-19,23-24,26-31,35,38-39,44-45,48-50,62H,17,20-22,25,32-34,36-37H2,1-15H3,(H,64,74)(H,65,75)(H,66,76)(H,67,73)(H3,61,63,78)/b40-35+. The number of imide groups is 1. The van der Waals surface area contributed by atoms with Gasteiger partial charge in [-0.3, -0.25) is 43.4 Å². The van der Waals surface area contributed by atoms with Crippen molar-refractivity contribution in [1.82, 2.24) is 46.0 Å². The molecule has 10 amide bonds. The Morgan fingerprint density at radius 3 is 1.84 bits per heavy atom. The lowest BCUT2D eigenvalue weighted by Gasteiger charge is -2.42. The van der Waals surface area contributed by atoms with Gasteiger partial charge in [0, 0.05) is 56.9 Å². The van der Waals surface area contributed by atoms with E-state index in [1.807, 2.05) is 71.9 Å². The van der Waals surface area contributed by atoms with Crippen molar-refractivity contribution in [3.8, 4) is 0 Å². The molecule has 1 aliphatic rings. The molecule has 3 rings (SSSR count). The molecular weight excluding hydrogens is 1080 g/mol. The Morgan fingerprint density at radius 2 is 1.30 bits per heavy atom. The van der Waals surface area contributed by atoms with Gasteiger partial charge in [-0.25, -0.2) is 22.7 Å². The van der Waals surface area contributed by atoms with Crippen molar-refractivity contribution in [3.05, 3.63) is 95.1 Å². The first-order valence-electron chi connectivity index (χ1n) is 28.2. The monoisotopic (exact) mass is 1180 g/mol. The van der Waals surface area contributed by atoms with Crippen LogP contribution in [0, 0.1) is 17.3 Å². The number of nitrogens with zero attached hydrogens (tertiary/aromatic N) is 3. The summed E-state index contributed by atoms with van der Waals surface area (Å²) >= 11 is 0. The van der Waals surface area contributed by atoms with Crippen LogP contribution < -0.4 is 37.0 Å². The fourth-order valence-electron chi connectivity index (χ4n) is 9.46. The number of hydrogen-bond donors (Lipinski definition) is 7. The molecule has 1 aliphatic heterocycles. The van der Waals surface area contributed by atoms with Gasteiger partial charge >= 0.3 is 12.1 Å². The lowest BCUT2D eigenvalue weighted by atomic mass is 9.76. The smallest absolute Gasteiger partial charge is 0.410 e. The normalized spacial score (nSPS) is 15.0. The molecule has 2 aromatic carbocycles. The predicted molar refractivity (Wildman–Crippen MR) is 318 cm³/mol. The van der Waals surface area contributed by atoms with Crippen molar-refractivity contribution >= 4 is 63.5 Å². The van der Waals surface area contributed by atoms with Gasteiger partial charge in [0.05, 0.1) is 17.8 Å². The Bertz CT molecular complexity index is 2750. The fraction of sp³-hybridized carbons (Fsp3) is 0.583. The van der Waals surface area contributed by atoms with Crippen LogP contribution in [0.25, 0.3) is 0 Å². The molecule has 23 heteroatoms. The number of hydrogen-bond acceptors (Lipinski definition) is 13. The number of amides is 10. The van der Waals surface area contributed by atoms with E-state index in [4.69, 9.17) is 10.5 Å². The predicted octanol–water partition coefficient (Wildman–Crippen LogP) is 5.07. The summed E-state index contributed by atoms with van der Waals surface area (Å²) in [5.74, 6) is -4.57. The molecule has 83 heavy (non-hydrogen) atoms. The summed E-state index contributed by atoms with van der Waals surface area (Å²) in [5, 5.41) is 14.4. The zero-order valence-corrected chi connectivity index (χ0v) is 52.1. The largest absolute Gasteiger partial charge is 0.444 e. The van der Waals surface area contributed by atoms with Crippen LogP contribution in [0.3, 0.4) is 0 Å². The quantitative estimate of drug-likeness (QED) is 0.0306. The van der Waals surface area contributed by atoms with Crippen molar-refractivity contribution in [2.75, 3.05) is 33.7 Å². The van der Waals surface area contributed by atoms with Crippen LogP contribution in [-0.2, 0) is 66.0 Å². The molecular formula is C60H92N10O12S. The highest BCUT2D eigenvalue weighted by Gasteiger charge is 2.46. The first kappa shape index (κ1) is 70.1. The van der Waals surface area contributed by atoms with E-state index in [2.05, 4.69) is 31.3 Å². The number of carbonyl (C=O) groups is 9. The van der Waals surface area contributed by atoms with Gasteiger partial charge < -0.3 is 42.0 Å². The van der Waals surface area contributed by atoms with Gasteiger partial charge in [-0.2, -0.15) is 0 Å². The molecule has 22 nitrogen and oxygen atoms in total. The van der Waals surface area contributed by atoms with Gasteiger partial charge in [0.15, 0.2) is 0 Å². The van der Waals surface area contributed by atoms with Crippen LogP contribution >= 0.6 is 0 Å². The Hall–Kier alpha value is -7.14. The molecule has 0 saturated carbocycles. The van der Waals surface area contributed by atoms with Crippen molar-refractivity contribution in [3.63, 3.8) is 0 Å². The van der Waals surface area contributed by atoms with E-state index < -0.39 is 104 Å². The highest BCUT2D eigenvalue weighted by atomic mass is 32.2. The maximum absolute atomic E-state index is 14.7. The summed E-state index contributed by atoms with van der Waals surface area (Å²) in [4.78, 5) is 123. The van der Waals surface area contributed by atoms with Gasteiger partial charge in [0.2, 0.25) is 33.7 Å². The summed E-state index contributed by atoms with van der Waals surface area (Å²) in [6.45, 7) is 24.1. The second kappa shape index (κ2) is 31.0. The molecule has 0 spiro atoms. The minimum Gasteiger partial charge on any atom is -0.444 e. The number of rotatable bonds is 30. The summed E-state index contributed by atoms with van der Waals surface area (Å²) in [6.07, 6.45) is 5.73. The maximum atomic E-state index is 14.7. The summed E-state index contributed by atoms with van der Waals surface area (Å²) < 4.78 is 34.8. The molecule has 2 aromatic rings. The SMILES string of the molecule is C/C(=C\C(C(C)C)N(C)C(=O)C(NC(=O)C(N(C)C(=O)OC(C)(C)C)C(C)(C)c1ccccc1)C(C)(C)C)C(=O)NS(=O)(=O)Cc1ccc(CNC(=O)C(CCCNC(N)=O)NC(=O)C(NCCCCCN2C(=O)C=CC2=O)C(C)C)cc1. The number of nitrogens with one attached hydrogen (secondary N) is 6. The van der Waals surface area contributed by atoms with Crippen LogP contribution in [0.1, 0.15) is 139 Å². The number of urea groups is 1. The van der Waals surface area contributed by atoms with Crippen LogP contribution in [-0.4, -0.2) is 146 Å². The van der Waals surface area contributed by atoms with Crippen LogP contribution in [0.4, 0.5) is 9.59 Å². The lowest BCUT2D eigenvalue weighted by molar-refractivity contribution is -0.142. The highest BCUT2D eigenvalue weighted by Crippen LogP contribution is 2.33.